The molecule has 3 N–H and O–H groups in total. The summed E-state index contributed by atoms with van der Waals surface area (Å²) in [6.07, 6.45) is 0. The van der Waals surface area contributed by atoms with E-state index in [2.05, 4.69) is 10.1 Å². The normalized spacial score (nSPS) is 11.8. The number of thiophene rings is 1. The van der Waals surface area contributed by atoms with Crippen molar-refractivity contribution in [3.05, 3.63) is 76.1 Å². The van der Waals surface area contributed by atoms with Crippen molar-refractivity contribution in [3.8, 4) is 0 Å². The molecule has 0 bridgehead atoms. The molecular formula is C18H16ClN3O5S3. The lowest BCUT2D eigenvalue weighted by Gasteiger charge is -2.13. The van der Waals surface area contributed by atoms with Crippen molar-refractivity contribution in [1.82, 2.24) is 10.3 Å². The summed E-state index contributed by atoms with van der Waals surface area (Å²) in [6, 6.07) is 13.2. The molecule has 158 valence electrons. The Morgan fingerprint density at radius 2 is 1.70 bits per heavy atom. The van der Waals surface area contributed by atoms with E-state index in [4.69, 9.17) is 11.6 Å². The van der Waals surface area contributed by atoms with Crippen LogP contribution in [0.15, 0.2) is 69.1 Å². The number of benzene rings is 2. The zero-order chi connectivity index (χ0) is 21.9. The standard InChI is InChI=1S/C18H16ClN3O5S3/c1-12-8-9-16(14(19)11-12)29(24,25)22-20-18(23)13-5-2-3-6-15(13)21-30(26,27)17-7-4-10-28-17/h2-11,21-22H,1H3,(H,20,23). The van der Waals surface area contributed by atoms with Crippen LogP contribution in [-0.4, -0.2) is 22.7 Å². The summed E-state index contributed by atoms with van der Waals surface area (Å²) in [5, 5.41) is 1.61. The summed E-state index contributed by atoms with van der Waals surface area (Å²) in [5.74, 6) is -0.855. The van der Waals surface area contributed by atoms with Gasteiger partial charge in [-0.3, -0.25) is 14.9 Å². The van der Waals surface area contributed by atoms with E-state index in [1.165, 1.54) is 36.4 Å². The van der Waals surface area contributed by atoms with E-state index in [1.807, 2.05) is 4.83 Å². The molecule has 3 rings (SSSR count). The van der Waals surface area contributed by atoms with Crippen LogP contribution >= 0.6 is 22.9 Å². The number of carbonyl (C=O) groups is 1. The number of rotatable bonds is 7. The lowest BCUT2D eigenvalue weighted by atomic mass is 10.2. The SMILES string of the molecule is Cc1ccc(S(=O)(=O)NNC(=O)c2ccccc2NS(=O)(=O)c2cccs2)c(Cl)c1. The zero-order valence-electron chi connectivity index (χ0n) is 15.4. The van der Waals surface area contributed by atoms with Gasteiger partial charge in [0, 0.05) is 0 Å². The Bertz CT molecular complexity index is 1290. The molecule has 0 fully saturated rings. The van der Waals surface area contributed by atoms with Crippen molar-refractivity contribution >= 4 is 54.6 Å². The van der Waals surface area contributed by atoms with E-state index < -0.39 is 26.0 Å². The van der Waals surface area contributed by atoms with Gasteiger partial charge in [0.2, 0.25) is 0 Å². The molecule has 12 heteroatoms. The van der Waals surface area contributed by atoms with Crippen molar-refractivity contribution in [2.75, 3.05) is 4.72 Å². The highest BCUT2D eigenvalue weighted by atomic mass is 35.5. The molecule has 1 heterocycles. The molecule has 1 amide bonds. The van der Waals surface area contributed by atoms with Crippen LogP contribution in [0.3, 0.4) is 0 Å². The minimum absolute atomic E-state index is 0.000794. The lowest BCUT2D eigenvalue weighted by molar-refractivity contribution is 0.0946. The van der Waals surface area contributed by atoms with Crippen LogP contribution in [0.4, 0.5) is 5.69 Å². The number of anilines is 1. The van der Waals surface area contributed by atoms with Crippen LogP contribution in [0.2, 0.25) is 5.02 Å². The monoisotopic (exact) mass is 485 g/mol. The molecule has 0 radical (unpaired) electrons. The average molecular weight is 486 g/mol. The number of para-hydroxylation sites is 1. The maximum Gasteiger partial charge on any atom is 0.271 e. The molecule has 30 heavy (non-hydrogen) atoms. The smallest absolute Gasteiger partial charge is 0.271 e. The van der Waals surface area contributed by atoms with Gasteiger partial charge < -0.3 is 0 Å². The Labute approximate surface area is 183 Å². The molecule has 8 nitrogen and oxygen atoms in total. The summed E-state index contributed by atoms with van der Waals surface area (Å²) in [6.45, 7) is 1.76. The van der Waals surface area contributed by atoms with Crippen molar-refractivity contribution < 1.29 is 21.6 Å². The average Bonchev–Trinajstić information content (AvgIpc) is 3.22. The molecule has 0 unspecified atom stereocenters. The van der Waals surface area contributed by atoms with E-state index in [0.717, 1.165) is 16.9 Å². The molecule has 0 atom stereocenters. The molecule has 0 spiro atoms. The minimum atomic E-state index is -4.15. The Morgan fingerprint density at radius 3 is 2.37 bits per heavy atom. The van der Waals surface area contributed by atoms with E-state index in [9.17, 15) is 21.6 Å². The molecule has 0 saturated heterocycles. The Morgan fingerprint density at radius 1 is 0.967 bits per heavy atom. The number of halogens is 1. The van der Waals surface area contributed by atoms with Gasteiger partial charge in [0.05, 0.1) is 16.3 Å². The van der Waals surface area contributed by atoms with Gasteiger partial charge in [0.1, 0.15) is 9.10 Å². The Balaban J connectivity index is 1.80. The fraction of sp³-hybridized carbons (Fsp3) is 0.0556. The number of hydrogen-bond donors (Lipinski definition) is 3. The molecule has 3 aromatic rings. The molecule has 2 aromatic carbocycles. The summed E-state index contributed by atoms with van der Waals surface area (Å²) < 4.78 is 52.2. The van der Waals surface area contributed by atoms with Crippen LogP contribution in [-0.2, 0) is 20.0 Å². The number of hydrogen-bond acceptors (Lipinski definition) is 6. The molecule has 0 aliphatic rings. The van der Waals surface area contributed by atoms with Crippen molar-refractivity contribution in [1.29, 1.82) is 0 Å². The van der Waals surface area contributed by atoms with E-state index in [-0.39, 0.29) is 25.4 Å². The van der Waals surface area contributed by atoms with Gasteiger partial charge in [-0.25, -0.2) is 16.8 Å². The van der Waals surface area contributed by atoms with Crippen molar-refractivity contribution in [3.63, 3.8) is 0 Å². The van der Waals surface area contributed by atoms with Gasteiger partial charge in [-0.2, -0.15) is 0 Å². The quantitative estimate of drug-likeness (QED) is 0.444. The Kier molecular flexibility index (Phi) is 6.48. The predicted octanol–water partition coefficient (Wildman–Crippen LogP) is 3.13. The predicted molar refractivity (Wildman–Crippen MR) is 116 cm³/mol. The third-order valence-electron chi connectivity index (χ3n) is 3.85. The number of aryl methyl sites for hydroxylation is 1. The van der Waals surface area contributed by atoms with Gasteiger partial charge >= 0.3 is 0 Å². The first-order chi connectivity index (χ1) is 14.1. The molecule has 0 aliphatic heterocycles. The highest BCUT2D eigenvalue weighted by Crippen LogP contribution is 2.24. The highest BCUT2D eigenvalue weighted by Gasteiger charge is 2.22. The third kappa shape index (κ3) is 4.99. The van der Waals surface area contributed by atoms with Crippen LogP contribution in [0, 0.1) is 6.92 Å². The van der Waals surface area contributed by atoms with E-state index in [1.54, 1.807) is 30.5 Å². The van der Waals surface area contributed by atoms with Gasteiger partial charge in [-0.05, 0) is 48.2 Å². The van der Waals surface area contributed by atoms with Crippen LogP contribution in [0.5, 0.6) is 0 Å². The van der Waals surface area contributed by atoms with Gasteiger partial charge in [-0.1, -0.05) is 35.9 Å². The number of nitrogens with one attached hydrogen (secondary N) is 3. The molecule has 0 aliphatic carbocycles. The Hall–Kier alpha value is -2.44. The second-order valence-corrected chi connectivity index (χ2v) is 11.0. The maximum absolute atomic E-state index is 12.6. The number of sulfonamides is 2. The van der Waals surface area contributed by atoms with Gasteiger partial charge in [0.15, 0.2) is 0 Å². The van der Waals surface area contributed by atoms with Gasteiger partial charge in [-0.15, -0.1) is 16.2 Å². The van der Waals surface area contributed by atoms with Gasteiger partial charge in [0.25, 0.3) is 26.0 Å². The highest BCUT2D eigenvalue weighted by molar-refractivity contribution is 7.94. The second-order valence-electron chi connectivity index (χ2n) is 6.08. The fourth-order valence-corrected chi connectivity index (χ4v) is 5.95. The molecule has 0 saturated carbocycles. The summed E-state index contributed by atoms with van der Waals surface area (Å²) in [5.41, 5.74) is 2.77. The molecule has 1 aromatic heterocycles. The van der Waals surface area contributed by atoms with Crippen LogP contribution in [0.1, 0.15) is 15.9 Å². The summed E-state index contributed by atoms with van der Waals surface area (Å²) >= 11 is 7.01. The first-order valence-electron chi connectivity index (χ1n) is 8.34. The largest absolute Gasteiger partial charge is 0.278 e. The van der Waals surface area contributed by atoms with E-state index in [0.29, 0.717) is 0 Å². The van der Waals surface area contributed by atoms with Crippen LogP contribution in [0.25, 0.3) is 0 Å². The number of carbonyl (C=O) groups excluding carboxylic acids is 1. The van der Waals surface area contributed by atoms with E-state index >= 15 is 0 Å². The molecular weight excluding hydrogens is 470 g/mol. The fourth-order valence-electron chi connectivity index (χ4n) is 2.44. The summed E-state index contributed by atoms with van der Waals surface area (Å²) in [7, 11) is -8.03. The topological polar surface area (TPSA) is 121 Å². The van der Waals surface area contributed by atoms with Crippen molar-refractivity contribution in [2.45, 2.75) is 16.0 Å². The zero-order valence-corrected chi connectivity index (χ0v) is 18.6. The number of hydrazine groups is 1. The first-order valence-corrected chi connectivity index (χ1v) is 12.6. The second kappa shape index (κ2) is 8.74. The lowest BCUT2D eigenvalue weighted by Crippen LogP contribution is -2.41. The van der Waals surface area contributed by atoms with Crippen molar-refractivity contribution in [2.24, 2.45) is 0 Å². The minimum Gasteiger partial charge on any atom is -0.278 e. The third-order valence-corrected chi connectivity index (χ3v) is 8.35. The maximum atomic E-state index is 12.6. The number of amides is 1. The van der Waals surface area contributed by atoms with Crippen LogP contribution < -0.4 is 15.0 Å². The summed E-state index contributed by atoms with van der Waals surface area (Å²) in [4.78, 5) is 14.3. The first kappa shape index (κ1) is 22.2.